The van der Waals surface area contributed by atoms with Gasteiger partial charge >= 0.3 is 0 Å². The quantitative estimate of drug-likeness (QED) is 0.834. The second-order valence-corrected chi connectivity index (χ2v) is 4.86. The average Bonchev–Trinajstić information content (AvgIpc) is 2.71. The Bertz CT molecular complexity index is 481. The average molecular weight is 295 g/mol. The minimum atomic E-state index is 0.933. The fourth-order valence-corrected chi connectivity index (χ4v) is 2.01. The molecule has 2 N–H and O–H groups in total. The highest BCUT2D eigenvalue weighted by atomic mass is 79.9. The summed E-state index contributed by atoms with van der Waals surface area (Å²) in [4.78, 5) is 4.10. The van der Waals surface area contributed by atoms with Crippen LogP contribution in [0.25, 0.3) is 0 Å². The summed E-state index contributed by atoms with van der Waals surface area (Å²) in [6.07, 6.45) is 7.62. The van der Waals surface area contributed by atoms with Gasteiger partial charge in [0.15, 0.2) is 0 Å². The van der Waals surface area contributed by atoms with Gasteiger partial charge in [-0.05, 0) is 47.3 Å². The number of halogens is 1. The van der Waals surface area contributed by atoms with E-state index >= 15 is 0 Å². The zero-order chi connectivity index (χ0) is 12.1. The first-order chi connectivity index (χ1) is 8.25. The Hall–Kier alpha value is -1.36. The lowest BCUT2D eigenvalue weighted by atomic mass is 10.1. The van der Waals surface area contributed by atoms with Gasteiger partial charge in [-0.2, -0.15) is 5.10 Å². The second kappa shape index (κ2) is 5.82. The third-order valence-electron chi connectivity index (χ3n) is 2.59. The molecular formula is C12H15BrN4. The summed E-state index contributed by atoms with van der Waals surface area (Å²) in [6, 6.07) is 2.02. The zero-order valence-corrected chi connectivity index (χ0v) is 11.3. The van der Waals surface area contributed by atoms with Gasteiger partial charge in [0.05, 0.1) is 18.1 Å². The molecule has 0 aliphatic carbocycles. The summed E-state index contributed by atoms with van der Waals surface area (Å²) >= 11 is 3.40. The molecule has 90 valence electrons. The number of hydrogen-bond donors (Lipinski definition) is 2. The normalized spacial score (nSPS) is 10.5. The monoisotopic (exact) mass is 294 g/mol. The minimum absolute atomic E-state index is 0.933. The molecule has 0 unspecified atom stereocenters. The summed E-state index contributed by atoms with van der Waals surface area (Å²) in [5.74, 6) is 0. The van der Waals surface area contributed by atoms with E-state index in [1.165, 1.54) is 5.56 Å². The summed E-state index contributed by atoms with van der Waals surface area (Å²) < 4.78 is 0.994. The number of pyridine rings is 1. The highest BCUT2D eigenvalue weighted by molar-refractivity contribution is 9.10. The SMILES string of the molecule is Cc1[nH]ncc1CCCNc1cncc(Br)c1. The molecule has 17 heavy (non-hydrogen) atoms. The lowest BCUT2D eigenvalue weighted by Gasteiger charge is -2.05. The van der Waals surface area contributed by atoms with Gasteiger partial charge in [0.25, 0.3) is 0 Å². The Kier molecular flexibility index (Phi) is 4.14. The molecule has 0 spiro atoms. The molecule has 4 nitrogen and oxygen atoms in total. The van der Waals surface area contributed by atoms with E-state index in [0.717, 1.165) is 35.2 Å². The van der Waals surface area contributed by atoms with Crippen molar-refractivity contribution in [3.8, 4) is 0 Å². The summed E-state index contributed by atoms with van der Waals surface area (Å²) in [7, 11) is 0. The molecule has 2 aromatic rings. The molecule has 0 aromatic carbocycles. The molecule has 0 radical (unpaired) electrons. The van der Waals surface area contributed by atoms with Crippen molar-refractivity contribution in [1.82, 2.24) is 15.2 Å². The standard InChI is InChI=1S/C12H15BrN4/c1-9-10(6-16-17-9)3-2-4-15-12-5-11(13)7-14-8-12/h5-8,15H,2-4H2,1H3,(H,16,17). The predicted molar refractivity (Wildman–Crippen MR) is 72.1 cm³/mol. The van der Waals surface area contributed by atoms with Gasteiger partial charge in [-0.1, -0.05) is 0 Å². The van der Waals surface area contributed by atoms with Crippen LogP contribution in [0.4, 0.5) is 5.69 Å². The van der Waals surface area contributed by atoms with Gasteiger partial charge in [-0.25, -0.2) is 0 Å². The number of H-pyrrole nitrogens is 1. The molecule has 5 heteroatoms. The molecule has 0 aliphatic rings. The lowest BCUT2D eigenvalue weighted by molar-refractivity contribution is 0.856. The third-order valence-corrected chi connectivity index (χ3v) is 3.02. The minimum Gasteiger partial charge on any atom is -0.384 e. The Morgan fingerprint density at radius 3 is 2.94 bits per heavy atom. The van der Waals surface area contributed by atoms with Gasteiger partial charge in [-0.3, -0.25) is 10.1 Å². The van der Waals surface area contributed by atoms with E-state index in [0.29, 0.717) is 0 Å². The van der Waals surface area contributed by atoms with Crippen LogP contribution in [0.3, 0.4) is 0 Å². The van der Waals surface area contributed by atoms with E-state index in [-0.39, 0.29) is 0 Å². The number of hydrogen-bond acceptors (Lipinski definition) is 3. The fourth-order valence-electron chi connectivity index (χ4n) is 1.65. The summed E-state index contributed by atoms with van der Waals surface area (Å²) in [5, 5.41) is 10.3. The molecule has 2 heterocycles. The zero-order valence-electron chi connectivity index (χ0n) is 9.70. The first kappa shape index (κ1) is 12.1. The first-order valence-corrected chi connectivity index (χ1v) is 6.38. The van der Waals surface area contributed by atoms with Crippen molar-refractivity contribution in [2.24, 2.45) is 0 Å². The number of aryl methyl sites for hydroxylation is 2. The first-order valence-electron chi connectivity index (χ1n) is 5.59. The van der Waals surface area contributed by atoms with E-state index in [2.05, 4.69) is 36.4 Å². The van der Waals surface area contributed by atoms with Crippen LogP contribution in [0.5, 0.6) is 0 Å². The molecule has 2 aromatic heterocycles. The van der Waals surface area contributed by atoms with E-state index in [9.17, 15) is 0 Å². The molecule has 0 amide bonds. The van der Waals surface area contributed by atoms with Crippen molar-refractivity contribution in [3.63, 3.8) is 0 Å². The van der Waals surface area contributed by atoms with Crippen molar-refractivity contribution in [3.05, 3.63) is 40.4 Å². The maximum absolute atomic E-state index is 4.10. The number of aromatic nitrogens is 3. The van der Waals surface area contributed by atoms with Crippen molar-refractivity contribution in [2.75, 3.05) is 11.9 Å². The highest BCUT2D eigenvalue weighted by Crippen LogP contribution is 2.13. The lowest BCUT2D eigenvalue weighted by Crippen LogP contribution is -2.03. The number of aromatic amines is 1. The topological polar surface area (TPSA) is 53.6 Å². The van der Waals surface area contributed by atoms with Crippen LogP contribution in [0.2, 0.25) is 0 Å². The van der Waals surface area contributed by atoms with Crippen molar-refractivity contribution >= 4 is 21.6 Å². The molecule has 0 saturated heterocycles. The van der Waals surface area contributed by atoms with Gasteiger partial charge in [-0.15, -0.1) is 0 Å². The summed E-state index contributed by atoms with van der Waals surface area (Å²) in [6.45, 7) is 2.98. The van der Waals surface area contributed by atoms with E-state index in [4.69, 9.17) is 0 Å². The Morgan fingerprint density at radius 2 is 2.24 bits per heavy atom. The van der Waals surface area contributed by atoms with E-state index in [1.807, 2.05) is 25.4 Å². The molecule has 2 rings (SSSR count). The molecular weight excluding hydrogens is 280 g/mol. The van der Waals surface area contributed by atoms with Crippen LogP contribution in [0.1, 0.15) is 17.7 Å². The van der Waals surface area contributed by atoms with Crippen LogP contribution in [0, 0.1) is 6.92 Å². The van der Waals surface area contributed by atoms with Gasteiger partial charge < -0.3 is 5.32 Å². The van der Waals surface area contributed by atoms with Gasteiger partial charge in [0, 0.05) is 22.9 Å². The molecule has 0 aliphatic heterocycles. The Labute approximate surface area is 109 Å². The third kappa shape index (κ3) is 3.56. The van der Waals surface area contributed by atoms with Gasteiger partial charge in [0.2, 0.25) is 0 Å². The number of anilines is 1. The van der Waals surface area contributed by atoms with Crippen LogP contribution in [0.15, 0.2) is 29.1 Å². The Morgan fingerprint density at radius 1 is 1.35 bits per heavy atom. The Balaban J connectivity index is 1.75. The second-order valence-electron chi connectivity index (χ2n) is 3.94. The van der Waals surface area contributed by atoms with Gasteiger partial charge in [0.1, 0.15) is 0 Å². The van der Waals surface area contributed by atoms with E-state index < -0.39 is 0 Å². The highest BCUT2D eigenvalue weighted by Gasteiger charge is 1.99. The van der Waals surface area contributed by atoms with Crippen LogP contribution in [-0.2, 0) is 6.42 Å². The van der Waals surface area contributed by atoms with Crippen molar-refractivity contribution in [2.45, 2.75) is 19.8 Å². The number of nitrogens with zero attached hydrogens (tertiary/aromatic N) is 2. The fraction of sp³-hybridized carbons (Fsp3) is 0.333. The maximum atomic E-state index is 4.10. The number of nitrogens with one attached hydrogen (secondary N) is 2. The number of rotatable bonds is 5. The molecule has 0 saturated carbocycles. The largest absolute Gasteiger partial charge is 0.384 e. The molecule has 0 atom stereocenters. The van der Waals surface area contributed by atoms with E-state index in [1.54, 1.807) is 6.20 Å². The van der Waals surface area contributed by atoms with Crippen molar-refractivity contribution in [1.29, 1.82) is 0 Å². The van der Waals surface area contributed by atoms with Crippen LogP contribution < -0.4 is 5.32 Å². The molecule has 0 fully saturated rings. The summed E-state index contributed by atoms with van der Waals surface area (Å²) in [5.41, 5.74) is 3.50. The van der Waals surface area contributed by atoms with Crippen molar-refractivity contribution < 1.29 is 0 Å². The maximum Gasteiger partial charge on any atom is 0.0538 e. The predicted octanol–water partition coefficient (Wildman–Crippen LogP) is 2.92. The van der Waals surface area contributed by atoms with Crippen LogP contribution in [-0.4, -0.2) is 21.7 Å². The molecule has 0 bridgehead atoms. The smallest absolute Gasteiger partial charge is 0.0538 e. The van der Waals surface area contributed by atoms with Crippen LogP contribution >= 0.6 is 15.9 Å².